The Morgan fingerprint density at radius 1 is 0.750 bits per heavy atom. The maximum Gasteiger partial charge on any atom is 0.530 e. The van der Waals surface area contributed by atoms with Crippen LogP contribution in [0.5, 0.6) is 17.2 Å². The highest BCUT2D eigenvalue weighted by molar-refractivity contribution is 7.48. The molecule has 0 unspecified atom stereocenters. The van der Waals surface area contributed by atoms with Gasteiger partial charge in [-0.2, -0.15) is 0 Å². The largest absolute Gasteiger partial charge is 0.530 e. The van der Waals surface area contributed by atoms with Crippen LogP contribution in [0.4, 0.5) is 5.69 Å². The number of amides is 1. The Morgan fingerprint density at radius 3 is 1.85 bits per heavy atom. The van der Waals surface area contributed by atoms with Gasteiger partial charge < -0.3 is 19.3 Å². The lowest BCUT2D eigenvalue weighted by Crippen LogP contribution is -2.04. The number of benzene rings is 4. The van der Waals surface area contributed by atoms with Crippen molar-refractivity contribution in [1.82, 2.24) is 0 Å². The van der Waals surface area contributed by atoms with Crippen LogP contribution in [0, 0.1) is 0 Å². The minimum atomic E-state index is -3.99. The van der Waals surface area contributed by atoms with Gasteiger partial charge in [-0.1, -0.05) is 72.8 Å². The zero-order chi connectivity index (χ0) is 28.0. The quantitative estimate of drug-likeness (QED) is 0.155. The van der Waals surface area contributed by atoms with Crippen molar-refractivity contribution < 1.29 is 32.4 Å². The number of methoxy groups -OCH3 is 2. The standard InChI is InChI=1S/C31H28NO7P/c1-35-29-18-26-27(31(33)32-28(26)19-30(29)36-2)17-22-13-15-25(16-14-22)39-40(34,37-20-23-9-5-3-6-10-23)38-21-24-11-7-4-8-12-24/h3-19H,20-21H2,1-2H3,(H,32,33)/b27-17+. The summed E-state index contributed by atoms with van der Waals surface area (Å²) in [5.74, 6) is 1.11. The van der Waals surface area contributed by atoms with Gasteiger partial charge in [0.1, 0.15) is 5.75 Å². The molecule has 4 aromatic carbocycles. The highest BCUT2D eigenvalue weighted by Gasteiger charge is 2.30. The van der Waals surface area contributed by atoms with Crippen molar-refractivity contribution >= 4 is 31.1 Å². The monoisotopic (exact) mass is 557 g/mol. The van der Waals surface area contributed by atoms with Crippen molar-refractivity contribution in [3.63, 3.8) is 0 Å². The van der Waals surface area contributed by atoms with Crippen LogP contribution in [-0.4, -0.2) is 20.1 Å². The number of carbonyl (C=O) groups is 1. The summed E-state index contributed by atoms with van der Waals surface area (Å²) in [6, 6.07) is 29.1. The Kier molecular flexibility index (Phi) is 8.31. The van der Waals surface area contributed by atoms with Gasteiger partial charge in [0.15, 0.2) is 11.5 Å². The number of rotatable bonds is 11. The maximum absolute atomic E-state index is 13.6. The summed E-state index contributed by atoms with van der Waals surface area (Å²) in [5, 5.41) is 2.85. The van der Waals surface area contributed by atoms with Gasteiger partial charge in [-0.3, -0.25) is 13.8 Å². The highest BCUT2D eigenvalue weighted by atomic mass is 31.2. The van der Waals surface area contributed by atoms with Crippen molar-refractivity contribution in [1.29, 1.82) is 0 Å². The van der Waals surface area contributed by atoms with Crippen LogP contribution in [0.1, 0.15) is 22.3 Å². The van der Waals surface area contributed by atoms with E-state index in [4.69, 9.17) is 23.0 Å². The van der Waals surface area contributed by atoms with Crippen LogP contribution in [0.25, 0.3) is 11.6 Å². The lowest BCUT2D eigenvalue weighted by Gasteiger charge is -2.19. The number of hydrogen-bond donors (Lipinski definition) is 1. The van der Waals surface area contributed by atoms with E-state index in [2.05, 4.69) is 5.32 Å². The Hall–Kier alpha value is -4.36. The first-order valence-electron chi connectivity index (χ1n) is 12.5. The summed E-state index contributed by atoms with van der Waals surface area (Å²) in [7, 11) is -0.907. The number of phosphoric ester groups is 1. The zero-order valence-corrected chi connectivity index (χ0v) is 22.9. The van der Waals surface area contributed by atoms with Gasteiger partial charge in [0.05, 0.1) is 33.1 Å². The van der Waals surface area contributed by atoms with Crippen LogP contribution < -0.4 is 19.3 Å². The fourth-order valence-electron chi connectivity index (χ4n) is 4.13. The molecule has 1 N–H and O–H groups in total. The summed E-state index contributed by atoms with van der Waals surface area (Å²) >= 11 is 0. The van der Waals surface area contributed by atoms with Gasteiger partial charge in [0.25, 0.3) is 5.91 Å². The second kappa shape index (κ2) is 12.2. The molecular formula is C31H28NO7P. The van der Waals surface area contributed by atoms with Gasteiger partial charge in [-0.15, -0.1) is 0 Å². The van der Waals surface area contributed by atoms with E-state index in [9.17, 15) is 9.36 Å². The molecule has 40 heavy (non-hydrogen) atoms. The fraction of sp³-hybridized carbons (Fsp3) is 0.129. The molecule has 1 heterocycles. The molecule has 0 aromatic heterocycles. The number of carbonyl (C=O) groups excluding carboxylic acids is 1. The van der Waals surface area contributed by atoms with Crippen LogP contribution in [0.15, 0.2) is 97.1 Å². The molecule has 0 aliphatic carbocycles. The molecule has 5 rings (SSSR count). The van der Waals surface area contributed by atoms with Gasteiger partial charge in [0.2, 0.25) is 0 Å². The van der Waals surface area contributed by atoms with Crippen molar-refractivity contribution in [3.05, 3.63) is 119 Å². The molecule has 0 saturated carbocycles. The van der Waals surface area contributed by atoms with Gasteiger partial charge in [-0.05, 0) is 41.0 Å². The molecule has 4 aromatic rings. The summed E-state index contributed by atoms with van der Waals surface area (Å²) in [6.07, 6.45) is 1.76. The summed E-state index contributed by atoms with van der Waals surface area (Å²) in [6.45, 7) is 0.111. The Balaban J connectivity index is 1.34. The SMILES string of the molecule is COc1cc2c(cc1OC)/C(=C\c1ccc(OP(=O)(OCc3ccccc3)OCc3ccccc3)cc1)C(=O)N2. The minimum Gasteiger partial charge on any atom is -0.493 e. The molecule has 1 aliphatic rings. The average Bonchev–Trinajstić information content (AvgIpc) is 3.29. The van der Waals surface area contributed by atoms with Gasteiger partial charge in [-0.25, -0.2) is 4.57 Å². The van der Waals surface area contributed by atoms with E-state index in [0.29, 0.717) is 34.1 Å². The van der Waals surface area contributed by atoms with Crippen molar-refractivity contribution in [3.8, 4) is 17.2 Å². The molecule has 9 heteroatoms. The zero-order valence-electron chi connectivity index (χ0n) is 22.0. The Labute approximate surface area is 232 Å². The van der Waals surface area contributed by atoms with Crippen LogP contribution >= 0.6 is 7.82 Å². The molecular weight excluding hydrogens is 529 g/mol. The van der Waals surface area contributed by atoms with Crippen molar-refractivity contribution in [2.75, 3.05) is 19.5 Å². The smallest absolute Gasteiger partial charge is 0.493 e. The molecule has 0 saturated heterocycles. The number of fused-ring (bicyclic) bond motifs is 1. The highest BCUT2D eigenvalue weighted by Crippen LogP contribution is 2.51. The molecule has 1 amide bonds. The number of phosphoric acid groups is 1. The fourth-order valence-corrected chi connectivity index (χ4v) is 5.30. The third-order valence-electron chi connectivity index (χ3n) is 6.18. The average molecular weight is 558 g/mol. The molecule has 1 aliphatic heterocycles. The van der Waals surface area contributed by atoms with E-state index in [1.165, 1.54) is 0 Å². The number of hydrogen-bond acceptors (Lipinski definition) is 7. The summed E-state index contributed by atoms with van der Waals surface area (Å²) in [4.78, 5) is 12.7. The molecule has 8 nitrogen and oxygen atoms in total. The second-order valence-corrected chi connectivity index (χ2v) is 10.5. The first-order valence-corrected chi connectivity index (χ1v) is 14.0. The van der Waals surface area contributed by atoms with E-state index >= 15 is 0 Å². The van der Waals surface area contributed by atoms with Gasteiger partial charge >= 0.3 is 7.82 Å². The molecule has 0 atom stereocenters. The maximum atomic E-state index is 13.6. The third-order valence-corrected chi connectivity index (χ3v) is 7.50. The van der Waals surface area contributed by atoms with Crippen molar-refractivity contribution in [2.24, 2.45) is 0 Å². The molecule has 0 fully saturated rings. The number of ether oxygens (including phenoxy) is 2. The Morgan fingerprint density at radius 2 is 1.30 bits per heavy atom. The number of nitrogens with one attached hydrogen (secondary N) is 1. The van der Waals surface area contributed by atoms with Crippen LogP contribution in [0.3, 0.4) is 0 Å². The summed E-state index contributed by atoms with van der Waals surface area (Å²) < 4.78 is 41.5. The molecule has 0 radical (unpaired) electrons. The normalized spacial score (nSPS) is 13.6. The van der Waals surface area contributed by atoms with Crippen LogP contribution in [-0.2, 0) is 31.6 Å². The van der Waals surface area contributed by atoms with E-state index in [1.54, 1.807) is 56.7 Å². The summed E-state index contributed by atoms with van der Waals surface area (Å²) in [5.41, 5.74) is 4.23. The van der Waals surface area contributed by atoms with E-state index in [-0.39, 0.29) is 19.1 Å². The van der Waals surface area contributed by atoms with Crippen LogP contribution in [0.2, 0.25) is 0 Å². The predicted octanol–water partition coefficient (Wildman–Crippen LogP) is 7.12. The van der Waals surface area contributed by atoms with Crippen molar-refractivity contribution in [2.45, 2.75) is 13.2 Å². The van der Waals surface area contributed by atoms with E-state index in [0.717, 1.165) is 16.7 Å². The first kappa shape index (κ1) is 27.2. The molecule has 0 spiro atoms. The predicted molar refractivity (Wildman–Crippen MR) is 153 cm³/mol. The van der Waals surface area contributed by atoms with E-state index < -0.39 is 7.82 Å². The second-order valence-electron chi connectivity index (χ2n) is 8.89. The lowest BCUT2D eigenvalue weighted by molar-refractivity contribution is -0.110. The van der Waals surface area contributed by atoms with E-state index in [1.807, 2.05) is 60.7 Å². The minimum absolute atomic E-state index is 0.0554. The third kappa shape index (κ3) is 6.43. The number of anilines is 1. The lowest BCUT2D eigenvalue weighted by atomic mass is 10.0. The first-order chi connectivity index (χ1) is 19.5. The van der Waals surface area contributed by atoms with Gasteiger partial charge in [0, 0.05) is 17.2 Å². The molecule has 0 bridgehead atoms. The topological polar surface area (TPSA) is 92.3 Å². The Bertz CT molecular complexity index is 1510. The molecule has 204 valence electrons.